The Morgan fingerprint density at radius 3 is 2.27 bits per heavy atom. The first-order valence-electron chi connectivity index (χ1n) is 8.77. The summed E-state index contributed by atoms with van der Waals surface area (Å²) < 4.78 is 0. The fourth-order valence-corrected chi connectivity index (χ4v) is 4.17. The van der Waals surface area contributed by atoms with Crippen molar-refractivity contribution in [1.29, 1.82) is 0 Å². The van der Waals surface area contributed by atoms with Crippen LogP contribution in [-0.2, 0) is 23.3 Å². The second-order valence-corrected chi connectivity index (χ2v) is 8.26. The predicted octanol–water partition coefficient (Wildman–Crippen LogP) is 6.36. The van der Waals surface area contributed by atoms with Crippen LogP contribution in [-0.4, -0.2) is 29.6 Å². The van der Waals surface area contributed by atoms with E-state index in [0.29, 0.717) is 6.04 Å². The summed E-state index contributed by atoms with van der Waals surface area (Å²) in [4.78, 5) is 3.80. The van der Waals surface area contributed by atoms with Crippen LogP contribution >= 0.6 is 36.6 Å². The van der Waals surface area contributed by atoms with Gasteiger partial charge in [0.2, 0.25) is 0 Å². The maximum atomic E-state index is 3.39. The molecule has 3 aliphatic carbocycles. The number of hydrogen-bond donors (Lipinski definition) is 0. The van der Waals surface area contributed by atoms with E-state index >= 15 is 0 Å². The van der Waals surface area contributed by atoms with E-state index in [4.69, 9.17) is 0 Å². The Balaban J connectivity index is -0.000000411. The van der Waals surface area contributed by atoms with Crippen LogP contribution in [0.1, 0.15) is 34.6 Å². The standard InChI is InChI=1S/C13H18N.C9H7S.2CH3.2ClH.H2Si.Zr/c1-9-6-11-8-10(2)14(12(11)7-9)13(3,4)5;1-10-9-6-5-7-3-2-4-8(7)9;;;;;;/h7-8,10H,1-5H3;2-3,5-6H,1H3;2*1H3;2*1H;1H2;/q4*-1;;;;. The van der Waals surface area contributed by atoms with Crippen LogP contribution in [0.3, 0.4) is 0 Å². The molecule has 1 atom stereocenters. The van der Waals surface area contributed by atoms with Crippen LogP contribution < -0.4 is 0 Å². The maximum absolute atomic E-state index is 3.39. The normalized spacial score (nSPS) is 19.0. The molecule has 6 heteroatoms. The van der Waals surface area contributed by atoms with E-state index in [1.165, 1.54) is 32.9 Å². The molecule has 0 aromatic rings. The number of halogens is 2. The van der Waals surface area contributed by atoms with Gasteiger partial charge in [-0.2, -0.15) is 23.9 Å². The summed E-state index contributed by atoms with van der Waals surface area (Å²) in [6.45, 7) is 13.1. The summed E-state index contributed by atoms with van der Waals surface area (Å²) in [5.41, 5.74) is 6.65. The number of fused-ring (bicyclic) bond motifs is 2. The molecular weight excluding hydrogens is 525 g/mol. The van der Waals surface area contributed by atoms with Gasteiger partial charge in [-0.15, -0.1) is 77.5 Å². The Morgan fingerprint density at radius 2 is 1.73 bits per heavy atom. The average molecular weight is 560 g/mol. The Morgan fingerprint density at radius 1 is 1.13 bits per heavy atom. The van der Waals surface area contributed by atoms with Crippen LogP contribution in [0, 0.1) is 27.0 Å². The first-order chi connectivity index (χ1) is 12.3. The molecule has 1 heterocycles. The van der Waals surface area contributed by atoms with Crippen molar-refractivity contribution in [2.45, 2.75) is 46.2 Å². The van der Waals surface area contributed by atoms with Gasteiger partial charge in [0.05, 0.1) is 0 Å². The molecule has 1 nitrogen and oxygen atoms in total. The SMILES string of the molecule is CC1=[C-]C2=CC(C)N(C(C)(C)C)C2=C1.CSC1=C2[C-]=CC=C2C=C1.Cl.Cl.[CH3-].[CH3-].[SiH2]=[Zr]. The average Bonchev–Trinajstić information content (AvgIpc) is 3.28. The fourth-order valence-electron chi connectivity index (χ4n) is 3.58. The molecule has 0 aromatic carbocycles. The predicted molar refractivity (Wildman–Crippen MR) is 141 cm³/mol. The van der Waals surface area contributed by atoms with Crippen molar-refractivity contribution in [3.63, 3.8) is 0 Å². The van der Waals surface area contributed by atoms with Crippen molar-refractivity contribution < 1.29 is 23.3 Å². The summed E-state index contributed by atoms with van der Waals surface area (Å²) in [5, 5.41) is 0. The molecule has 0 fully saturated rings. The van der Waals surface area contributed by atoms with Crippen LogP contribution in [0.5, 0.6) is 0 Å². The molecule has 1 unspecified atom stereocenters. The third kappa shape index (κ3) is 7.85. The number of thioether (sulfide) groups is 1. The molecule has 4 rings (SSSR count). The Kier molecular flexibility index (Phi) is 17.3. The summed E-state index contributed by atoms with van der Waals surface area (Å²) in [5.74, 6) is 0. The number of nitrogens with zero attached hydrogens (tertiary/aromatic N) is 1. The molecule has 0 spiro atoms. The van der Waals surface area contributed by atoms with Gasteiger partial charge in [-0.05, 0) is 27.0 Å². The molecule has 0 amide bonds. The molecule has 0 aromatic heterocycles. The summed E-state index contributed by atoms with van der Waals surface area (Å²) in [6, 6.07) is 0.497. The molecule has 0 saturated carbocycles. The van der Waals surface area contributed by atoms with Gasteiger partial charge < -0.3 is 19.8 Å². The van der Waals surface area contributed by atoms with Crippen LogP contribution in [0.25, 0.3) is 0 Å². The Labute approximate surface area is 219 Å². The first kappa shape index (κ1) is 34.6. The second-order valence-electron chi connectivity index (χ2n) is 7.41. The van der Waals surface area contributed by atoms with Gasteiger partial charge in [0, 0.05) is 11.6 Å². The molecular formula is C24H35Cl2NSSiZr-4. The molecule has 0 N–H and O–H groups in total. The van der Waals surface area contributed by atoms with Gasteiger partial charge in [-0.3, -0.25) is 0 Å². The molecule has 4 aliphatic rings. The third-order valence-corrected chi connectivity index (χ3v) is 5.20. The van der Waals surface area contributed by atoms with E-state index in [0.717, 1.165) is 0 Å². The Hall–Kier alpha value is 0.0100. The van der Waals surface area contributed by atoms with Crippen LogP contribution in [0.2, 0.25) is 0 Å². The van der Waals surface area contributed by atoms with Crippen molar-refractivity contribution in [2.24, 2.45) is 0 Å². The molecule has 30 heavy (non-hydrogen) atoms. The van der Waals surface area contributed by atoms with E-state index in [2.05, 4.69) is 88.3 Å². The molecule has 0 saturated heterocycles. The summed E-state index contributed by atoms with van der Waals surface area (Å²) in [6.07, 6.45) is 21.6. The van der Waals surface area contributed by atoms with E-state index in [1.54, 1.807) is 35.1 Å². The van der Waals surface area contributed by atoms with Crippen molar-refractivity contribution in [3.8, 4) is 0 Å². The number of hydrogen-bond acceptors (Lipinski definition) is 2. The third-order valence-electron chi connectivity index (χ3n) is 4.42. The zero-order chi connectivity index (χ0) is 19.5. The minimum absolute atomic E-state index is 0. The van der Waals surface area contributed by atoms with Crippen LogP contribution in [0.4, 0.5) is 0 Å². The number of rotatable bonds is 1. The van der Waals surface area contributed by atoms with Gasteiger partial charge in [-0.25, -0.2) is 0 Å². The molecule has 1 aliphatic heterocycles. The van der Waals surface area contributed by atoms with E-state index < -0.39 is 0 Å². The van der Waals surface area contributed by atoms with Crippen molar-refractivity contribution in [2.75, 3.05) is 6.26 Å². The zero-order valence-electron chi connectivity index (χ0n) is 19.4. The second kappa shape index (κ2) is 15.0. The quantitative estimate of drug-likeness (QED) is 0.272. The van der Waals surface area contributed by atoms with Gasteiger partial charge in [0.1, 0.15) is 0 Å². The van der Waals surface area contributed by atoms with Crippen molar-refractivity contribution >= 4 is 43.5 Å². The van der Waals surface area contributed by atoms with Gasteiger partial charge in [0.25, 0.3) is 0 Å². The van der Waals surface area contributed by atoms with Gasteiger partial charge in [0.15, 0.2) is 0 Å². The molecule has 168 valence electrons. The van der Waals surface area contributed by atoms with Crippen LogP contribution in [0.15, 0.2) is 69.4 Å². The topological polar surface area (TPSA) is 3.24 Å². The van der Waals surface area contributed by atoms with Gasteiger partial charge >= 0.3 is 30.2 Å². The molecule has 0 bridgehead atoms. The van der Waals surface area contributed by atoms with E-state index in [9.17, 15) is 0 Å². The van der Waals surface area contributed by atoms with Gasteiger partial charge in [-0.1, -0.05) is 30.5 Å². The first-order valence-corrected chi connectivity index (χ1v) is 15.9. The van der Waals surface area contributed by atoms with E-state index in [1.807, 2.05) is 13.0 Å². The van der Waals surface area contributed by atoms with Crippen molar-refractivity contribution in [3.05, 3.63) is 96.4 Å². The minimum atomic E-state index is 0. The Bertz CT molecular complexity index is 799. The summed E-state index contributed by atoms with van der Waals surface area (Å²) >= 11 is 3.36. The monoisotopic (exact) mass is 557 g/mol. The number of allylic oxidation sites excluding steroid dienone is 10. The zero-order valence-corrected chi connectivity index (χ0v) is 25.7. The molecule has 0 radical (unpaired) electrons. The fraction of sp³-hybridized carbons (Fsp3) is 0.333. The summed E-state index contributed by atoms with van der Waals surface area (Å²) in [7, 11) is 0. The van der Waals surface area contributed by atoms with Crippen molar-refractivity contribution in [1.82, 2.24) is 4.90 Å². The van der Waals surface area contributed by atoms with E-state index in [-0.39, 0.29) is 45.2 Å².